The van der Waals surface area contributed by atoms with Crippen molar-refractivity contribution in [1.82, 2.24) is 4.98 Å². The summed E-state index contributed by atoms with van der Waals surface area (Å²) in [6, 6.07) is 16.7. The van der Waals surface area contributed by atoms with Crippen molar-refractivity contribution < 1.29 is 4.57 Å². The molecule has 0 aliphatic rings. The van der Waals surface area contributed by atoms with E-state index in [1.165, 1.54) is 5.56 Å². The first-order valence-electron chi connectivity index (χ1n) is 8.48. The Bertz CT molecular complexity index is 938. The molecule has 1 heterocycles. The average Bonchev–Trinajstić information content (AvgIpc) is 2.63. The van der Waals surface area contributed by atoms with E-state index >= 15 is 0 Å². The molecule has 3 nitrogen and oxygen atoms in total. The summed E-state index contributed by atoms with van der Waals surface area (Å²) >= 11 is 0. The normalized spacial score (nSPS) is 12.9. The van der Waals surface area contributed by atoms with E-state index in [-0.39, 0.29) is 5.41 Å². The van der Waals surface area contributed by atoms with Crippen LogP contribution in [0.15, 0.2) is 72.0 Å². The van der Waals surface area contributed by atoms with E-state index in [1.807, 2.05) is 32.6 Å². The number of benzene rings is 2. The minimum absolute atomic E-state index is 0.158. The lowest BCUT2D eigenvalue weighted by Gasteiger charge is -2.25. The molecule has 0 unspecified atom stereocenters. The van der Waals surface area contributed by atoms with Crippen LogP contribution in [-0.4, -0.2) is 17.7 Å². The highest BCUT2D eigenvalue weighted by molar-refractivity contribution is 6.06. The molecule has 0 aliphatic carbocycles. The van der Waals surface area contributed by atoms with Crippen LogP contribution in [0, 0.1) is 0 Å². The number of rotatable bonds is 4. The van der Waals surface area contributed by atoms with Gasteiger partial charge in [0.1, 0.15) is 12.6 Å². The summed E-state index contributed by atoms with van der Waals surface area (Å²) in [6.45, 7) is 4.41. The first kappa shape index (κ1) is 17.0. The zero-order valence-corrected chi connectivity index (χ0v) is 15.3. The van der Waals surface area contributed by atoms with E-state index in [1.54, 1.807) is 0 Å². The summed E-state index contributed by atoms with van der Waals surface area (Å²) in [6.07, 6.45) is 8.02. The molecule has 0 aliphatic heterocycles. The highest BCUT2D eigenvalue weighted by atomic mass is 14.9. The molecule has 0 fully saturated rings. The highest BCUT2D eigenvalue weighted by Gasteiger charge is 2.25. The molecular weight excluding hydrogens is 306 g/mol. The van der Waals surface area contributed by atoms with Gasteiger partial charge in [0.25, 0.3) is 0 Å². The van der Waals surface area contributed by atoms with Gasteiger partial charge < -0.3 is 0 Å². The number of para-hydroxylation sites is 1. The third-order valence-electron chi connectivity index (χ3n) is 4.72. The van der Waals surface area contributed by atoms with E-state index in [9.17, 15) is 0 Å². The molecule has 3 aromatic rings. The molecule has 0 saturated carbocycles. The van der Waals surface area contributed by atoms with Crippen LogP contribution in [0.5, 0.6) is 0 Å². The molecule has 126 valence electrons. The van der Waals surface area contributed by atoms with Crippen molar-refractivity contribution in [3.63, 3.8) is 0 Å². The molecule has 2 aromatic carbocycles. The van der Waals surface area contributed by atoms with Gasteiger partial charge in [-0.25, -0.2) is 4.98 Å². The first-order chi connectivity index (χ1) is 12.0. The van der Waals surface area contributed by atoms with Gasteiger partial charge in [-0.15, -0.1) is 0 Å². The van der Waals surface area contributed by atoms with Crippen LogP contribution >= 0.6 is 0 Å². The fraction of sp³-hybridized carbons (Fsp3) is 0.227. The fourth-order valence-corrected chi connectivity index (χ4v) is 3.13. The lowest BCUT2D eigenvalue weighted by molar-refractivity contribution is -0.645. The Morgan fingerprint density at radius 1 is 1.08 bits per heavy atom. The predicted octanol–water partition coefficient (Wildman–Crippen LogP) is 4.12. The van der Waals surface area contributed by atoms with Crippen molar-refractivity contribution in [2.75, 3.05) is 7.05 Å². The Morgan fingerprint density at radius 2 is 1.84 bits per heavy atom. The molecule has 25 heavy (non-hydrogen) atoms. The second-order valence-electron chi connectivity index (χ2n) is 6.69. The van der Waals surface area contributed by atoms with Crippen LogP contribution in [0.25, 0.3) is 17.1 Å². The molecule has 0 N–H and O–H groups in total. The Balaban J connectivity index is 2.00. The largest absolute Gasteiger partial charge is 0.292 e. The number of nitrogens with zero attached hydrogens (tertiary/aromatic N) is 3. The number of aromatic nitrogens is 2. The van der Waals surface area contributed by atoms with E-state index < -0.39 is 0 Å². The summed E-state index contributed by atoms with van der Waals surface area (Å²) in [5, 5.41) is 0. The SMILES string of the molecule is CN=C(/C=C/c1cccc2c1ncc[n+]2C)C(C)(C)c1ccccc1. The van der Waals surface area contributed by atoms with Gasteiger partial charge in [-0.2, -0.15) is 4.57 Å². The number of aliphatic imine (C=N–C) groups is 1. The van der Waals surface area contributed by atoms with Crippen LogP contribution in [0.3, 0.4) is 0 Å². The van der Waals surface area contributed by atoms with Crippen molar-refractivity contribution >= 4 is 22.8 Å². The zero-order chi connectivity index (χ0) is 17.9. The first-order valence-corrected chi connectivity index (χ1v) is 8.48. The van der Waals surface area contributed by atoms with Crippen molar-refractivity contribution in [3.8, 4) is 0 Å². The van der Waals surface area contributed by atoms with Gasteiger partial charge in [-0.1, -0.05) is 62.4 Å². The van der Waals surface area contributed by atoms with Crippen LogP contribution in [-0.2, 0) is 12.5 Å². The van der Waals surface area contributed by atoms with E-state index in [0.29, 0.717) is 0 Å². The van der Waals surface area contributed by atoms with Crippen LogP contribution in [0.1, 0.15) is 25.0 Å². The Hall–Kier alpha value is -2.81. The average molecular weight is 330 g/mol. The van der Waals surface area contributed by atoms with Crippen LogP contribution < -0.4 is 4.57 Å². The second kappa shape index (κ2) is 6.98. The maximum Gasteiger partial charge on any atom is 0.231 e. The molecule has 3 heteroatoms. The Morgan fingerprint density at radius 3 is 2.56 bits per heavy atom. The quantitative estimate of drug-likeness (QED) is 0.522. The van der Waals surface area contributed by atoms with Crippen LogP contribution in [0.4, 0.5) is 0 Å². The number of hydrogen-bond donors (Lipinski definition) is 0. The summed E-state index contributed by atoms with van der Waals surface area (Å²) in [7, 11) is 3.89. The lowest BCUT2D eigenvalue weighted by atomic mass is 9.79. The molecule has 1 aromatic heterocycles. The summed E-state index contributed by atoms with van der Waals surface area (Å²) < 4.78 is 2.09. The number of allylic oxidation sites excluding steroid dienone is 1. The summed E-state index contributed by atoms with van der Waals surface area (Å²) in [4.78, 5) is 9.11. The van der Waals surface area contributed by atoms with Crippen molar-refractivity contribution in [2.24, 2.45) is 12.0 Å². The van der Waals surface area contributed by atoms with Gasteiger partial charge >= 0.3 is 0 Å². The Kier molecular flexibility index (Phi) is 4.75. The van der Waals surface area contributed by atoms with E-state index in [0.717, 1.165) is 22.3 Å². The molecule has 3 rings (SSSR count). The van der Waals surface area contributed by atoms with Gasteiger partial charge in [0.05, 0.1) is 6.20 Å². The maximum absolute atomic E-state index is 4.55. The summed E-state index contributed by atoms with van der Waals surface area (Å²) in [5.74, 6) is 0. The number of fused-ring (bicyclic) bond motifs is 1. The fourth-order valence-electron chi connectivity index (χ4n) is 3.13. The third kappa shape index (κ3) is 3.36. The minimum atomic E-state index is -0.158. The second-order valence-corrected chi connectivity index (χ2v) is 6.69. The Labute approximate surface area is 149 Å². The van der Waals surface area contributed by atoms with Gasteiger partial charge in [0.15, 0.2) is 6.20 Å². The summed E-state index contributed by atoms with van der Waals surface area (Å²) in [5.41, 5.74) is 5.34. The van der Waals surface area contributed by atoms with Gasteiger partial charge in [-0.3, -0.25) is 4.99 Å². The third-order valence-corrected chi connectivity index (χ3v) is 4.72. The van der Waals surface area contributed by atoms with Crippen molar-refractivity contribution in [3.05, 3.63) is 78.1 Å². The van der Waals surface area contributed by atoms with Gasteiger partial charge in [0.2, 0.25) is 5.52 Å². The minimum Gasteiger partial charge on any atom is -0.292 e. The standard InChI is InChI=1S/C22H24N3/c1-22(2,18-10-6-5-7-11-18)20(23-3)14-13-17-9-8-12-19-21(17)24-15-16-25(19)4/h5-16H,1-4H3/q+1/b14-13+,23-20?. The molecule has 0 saturated heterocycles. The molecule has 0 bridgehead atoms. The topological polar surface area (TPSA) is 29.1 Å². The van der Waals surface area contributed by atoms with E-state index in [4.69, 9.17) is 0 Å². The molecule has 0 atom stereocenters. The van der Waals surface area contributed by atoms with Gasteiger partial charge in [-0.05, 0) is 11.6 Å². The molecule has 0 amide bonds. The number of hydrogen-bond acceptors (Lipinski definition) is 2. The molecular formula is C22H24N3+. The molecule has 0 spiro atoms. The van der Waals surface area contributed by atoms with E-state index in [2.05, 4.69) is 83.0 Å². The highest BCUT2D eigenvalue weighted by Crippen LogP contribution is 2.26. The lowest BCUT2D eigenvalue weighted by Crippen LogP contribution is -2.28. The van der Waals surface area contributed by atoms with Crippen LogP contribution in [0.2, 0.25) is 0 Å². The van der Waals surface area contributed by atoms with Crippen molar-refractivity contribution in [1.29, 1.82) is 0 Å². The zero-order valence-electron chi connectivity index (χ0n) is 15.3. The van der Waals surface area contributed by atoms with Crippen molar-refractivity contribution in [2.45, 2.75) is 19.3 Å². The predicted molar refractivity (Wildman–Crippen MR) is 105 cm³/mol. The monoisotopic (exact) mass is 330 g/mol. The number of aryl methyl sites for hydroxylation is 1. The van der Waals surface area contributed by atoms with Gasteiger partial charge in [0, 0.05) is 29.8 Å². The maximum atomic E-state index is 4.55. The molecule has 0 radical (unpaired) electrons. The smallest absolute Gasteiger partial charge is 0.231 e.